The lowest BCUT2D eigenvalue weighted by atomic mass is 10.2. The van der Waals surface area contributed by atoms with Crippen LogP contribution in [0.3, 0.4) is 0 Å². The Morgan fingerprint density at radius 1 is 1.20 bits per heavy atom. The molecule has 0 aliphatic carbocycles. The van der Waals surface area contributed by atoms with Crippen molar-refractivity contribution in [3.05, 3.63) is 21.8 Å². The number of rotatable bonds is 1. The van der Waals surface area contributed by atoms with Gasteiger partial charge in [-0.15, -0.1) is 0 Å². The molecule has 4 heteroatoms. The summed E-state index contributed by atoms with van der Waals surface area (Å²) < 4.78 is 0.936. The number of nitrogens with zero attached hydrogens (tertiary/aromatic N) is 2. The highest BCUT2D eigenvalue weighted by Gasteiger charge is 2.13. The van der Waals surface area contributed by atoms with E-state index in [0.29, 0.717) is 0 Å². The Labute approximate surface area is 104 Å². The summed E-state index contributed by atoms with van der Waals surface area (Å²) in [5.41, 5.74) is 0. The van der Waals surface area contributed by atoms with Gasteiger partial charge in [0, 0.05) is 23.8 Å². The molecule has 0 atom stereocenters. The zero-order valence-electron chi connectivity index (χ0n) is 8.55. The average Bonchev–Trinajstić information content (AvgIpc) is 2.46. The van der Waals surface area contributed by atoms with Crippen LogP contribution in [-0.4, -0.2) is 18.1 Å². The van der Waals surface area contributed by atoms with Crippen molar-refractivity contribution in [1.29, 1.82) is 0 Å². The third-order valence-electron chi connectivity index (χ3n) is 2.69. The molecule has 0 spiro atoms. The van der Waals surface area contributed by atoms with Crippen molar-refractivity contribution in [2.45, 2.75) is 25.7 Å². The van der Waals surface area contributed by atoms with E-state index in [-0.39, 0.29) is 0 Å². The van der Waals surface area contributed by atoms with Gasteiger partial charge in [-0.3, -0.25) is 0 Å². The summed E-state index contributed by atoms with van der Waals surface area (Å²) in [6, 6.07) is 1.91. The van der Waals surface area contributed by atoms with Gasteiger partial charge in [-0.05, 0) is 34.8 Å². The highest BCUT2D eigenvalue weighted by Crippen LogP contribution is 2.27. The minimum absolute atomic E-state index is 0.742. The first-order valence-electron chi connectivity index (χ1n) is 5.33. The van der Waals surface area contributed by atoms with E-state index in [1.54, 1.807) is 0 Å². The van der Waals surface area contributed by atoms with E-state index in [4.69, 9.17) is 11.6 Å². The summed E-state index contributed by atoms with van der Waals surface area (Å²) in [7, 11) is 0. The fourth-order valence-electron chi connectivity index (χ4n) is 1.92. The van der Waals surface area contributed by atoms with Crippen LogP contribution < -0.4 is 4.90 Å². The van der Waals surface area contributed by atoms with Crippen LogP contribution in [0.5, 0.6) is 0 Å². The summed E-state index contributed by atoms with van der Waals surface area (Å²) >= 11 is 9.55. The van der Waals surface area contributed by atoms with E-state index in [0.717, 1.165) is 28.4 Å². The molecule has 0 unspecified atom stereocenters. The Morgan fingerprint density at radius 3 is 2.47 bits per heavy atom. The predicted octanol–water partition coefficient (Wildman–Crippen LogP) is 3.88. The first-order valence-corrected chi connectivity index (χ1v) is 6.50. The van der Waals surface area contributed by atoms with E-state index in [1.165, 1.54) is 25.7 Å². The highest BCUT2D eigenvalue weighted by molar-refractivity contribution is 9.10. The molecule has 0 amide bonds. The lowest BCUT2D eigenvalue weighted by molar-refractivity contribution is 0.726. The van der Waals surface area contributed by atoms with Gasteiger partial charge in [0.25, 0.3) is 0 Å². The molecule has 2 nitrogen and oxygen atoms in total. The summed E-state index contributed by atoms with van der Waals surface area (Å²) in [4.78, 5) is 6.68. The summed E-state index contributed by atoms with van der Waals surface area (Å²) in [5, 5.41) is 0.742. The fourth-order valence-corrected chi connectivity index (χ4v) is 2.67. The Kier molecular flexibility index (Phi) is 3.87. The second-order valence-corrected chi connectivity index (χ2v) is 5.18. The molecular formula is C11H14BrClN2. The largest absolute Gasteiger partial charge is 0.355 e. The zero-order valence-corrected chi connectivity index (χ0v) is 10.9. The number of halogens is 2. The summed E-state index contributed by atoms with van der Waals surface area (Å²) in [6.45, 7) is 2.16. The van der Waals surface area contributed by atoms with Gasteiger partial charge in [0.05, 0.1) is 5.02 Å². The van der Waals surface area contributed by atoms with Crippen molar-refractivity contribution in [1.82, 2.24) is 4.98 Å². The summed E-state index contributed by atoms with van der Waals surface area (Å²) in [6.07, 6.45) is 6.95. The van der Waals surface area contributed by atoms with Gasteiger partial charge >= 0.3 is 0 Å². The Bertz CT molecular complexity index is 335. The Hall–Kier alpha value is -0.280. The average molecular weight is 290 g/mol. The van der Waals surface area contributed by atoms with Crippen LogP contribution >= 0.6 is 27.5 Å². The van der Waals surface area contributed by atoms with Crippen LogP contribution in [0.4, 0.5) is 5.82 Å². The molecule has 1 aliphatic rings. The monoisotopic (exact) mass is 288 g/mol. The number of anilines is 1. The Morgan fingerprint density at radius 2 is 1.87 bits per heavy atom. The quantitative estimate of drug-likeness (QED) is 0.780. The number of pyridine rings is 1. The lowest BCUT2D eigenvalue weighted by Gasteiger charge is -2.22. The maximum absolute atomic E-state index is 6.18. The van der Waals surface area contributed by atoms with Gasteiger partial charge in [-0.2, -0.15) is 0 Å². The topological polar surface area (TPSA) is 16.1 Å². The first kappa shape index (κ1) is 11.2. The van der Waals surface area contributed by atoms with Crippen molar-refractivity contribution in [3.8, 4) is 0 Å². The Balaban J connectivity index is 2.19. The molecule has 1 saturated heterocycles. The molecule has 82 valence electrons. The van der Waals surface area contributed by atoms with E-state index in [9.17, 15) is 0 Å². The third kappa shape index (κ3) is 2.85. The molecule has 2 heterocycles. The molecule has 1 aliphatic heterocycles. The normalized spacial score (nSPS) is 17.6. The number of hydrogen-bond donors (Lipinski definition) is 0. The second-order valence-electron chi connectivity index (χ2n) is 3.86. The molecule has 1 aromatic heterocycles. The molecule has 0 saturated carbocycles. The number of hydrogen-bond acceptors (Lipinski definition) is 2. The molecule has 1 aromatic rings. The van der Waals surface area contributed by atoms with Gasteiger partial charge < -0.3 is 4.90 Å². The van der Waals surface area contributed by atoms with Gasteiger partial charge in [-0.1, -0.05) is 24.4 Å². The van der Waals surface area contributed by atoms with Gasteiger partial charge in [0.15, 0.2) is 0 Å². The highest BCUT2D eigenvalue weighted by atomic mass is 79.9. The predicted molar refractivity (Wildman–Crippen MR) is 67.6 cm³/mol. The standard InChI is InChI=1S/C11H14BrClN2/c12-9-7-10(13)11(14-8-9)15-5-3-1-2-4-6-15/h7-8H,1-6H2. The van der Waals surface area contributed by atoms with Crippen molar-refractivity contribution in [3.63, 3.8) is 0 Å². The fraction of sp³-hybridized carbons (Fsp3) is 0.545. The van der Waals surface area contributed by atoms with Gasteiger partial charge in [-0.25, -0.2) is 4.98 Å². The van der Waals surface area contributed by atoms with Crippen molar-refractivity contribution in [2.75, 3.05) is 18.0 Å². The smallest absolute Gasteiger partial charge is 0.147 e. The van der Waals surface area contributed by atoms with E-state index in [2.05, 4.69) is 25.8 Å². The zero-order chi connectivity index (χ0) is 10.7. The molecule has 0 aromatic carbocycles. The molecule has 0 N–H and O–H groups in total. The van der Waals surface area contributed by atoms with Crippen LogP contribution in [0.1, 0.15) is 25.7 Å². The molecular weight excluding hydrogens is 275 g/mol. The minimum Gasteiger partial charge on any atom is -0.355 e. The van der Waals surface area contributed by atoms with Crippen LogP contribution in [0.25, 0.3) is 0 Å². The maximum atomic E-state index is 6.18. The van der Waals surface area contributed by atoms with Gasteiger partial charge in [0.2, 0.25) is 0 Å². The third-order valence-corrected chi connectivity index (χ3v) is 3.41. The molecule has 2 rings (SSSR count). The number of aromatic nitrogens is 1. The molecule has 0 radical (unpaired) electrons. The van der Waals surface area contributed by atoms with Crippen molar-refractivity contribution in [2.24, 2.45) is 0 Å². The SMILES string of the molecule is Clc1cc(Br)cnc1N1CCCCCC1. The molecule has 0 bridgehead atoms. The van der Waals surface area contributed by atoms with E-state index < -0.39 is 0 Å². The minimum atomic E-state index is 0.742. The second kappa shape index (κ2) is 5.17. The first-order chi connectivity index (χ1) is 7.27. The van der Waals surface area contributed by atoms with E-state index in [1.807, 2.05) is 12.3 Å². The van der Waals surface area contributed by atoms with Crippen LogP contribution in [0.2, 0.25) is 5.02 Å². The summed E-state index contributed by atoms with van der Waals surface area (Å²) in [5.74, 6) is 0.932. The van der Waals surface area contributed by atoms with Crippen molar-refractivity contribution >= 4 is 33.3 Å². The van der Waals surface area contributed by atoms with Crippen LogP contribution in [-0.2, 0) is 0 Å². The lowest BCUT2D eigenvalue weighted by Crippen LogP contribution is -2.25. The maximum Gasteiger partial charge on any atom is 0.147 e. The van der Waals surface area contributed by atoms with Crippen molar-refractivity contribution < 1.29 is 0 Å². The van der Waals surface area contributed by atoms with Crippen LogP contribution in [0.15, 0.2) is 16.7 Å². The van der Waals surface area contributed by atoms with E-state index >= 15 is 0 Å². The van der Waals surface area contributed by atoms with Gasteiger partial charge in [0.1, 0.15) is 5.82 Å². The molecule has 1 fully saturated rings. The van der Waals surface area contributed by atoms with Crippen LogP contribution in [0, 0.1) is 0 Å². The molecule has 15 heavy (non-hydrogen) atoms.